The minimum Gasteiger partial charge on any atom is -0.318 e. The van der Waals surface area contributed by atoms with Crippen LogP contribution < -0.4 is 10.6 Å². The van der Waals surface area contributed by atoms with E-state index in [2.05, 4.69) is 32.3 Å². The molecule has 0 bridgehead atoms. The van der Waals surface area contributed by atoms with Crippen LogP contribution in [0.4, 0.5) is 0 Å². The van der Waals surface area contributed by atoms with Gasteiger partial charge in [0, 0.05) is 39.3 Å². The molecule has 0 aliphatic carbocycles. The molecule has 0 aliphatic rings. The molecule has 0 spiro atoms. The van der Waals surface area contributed by atoms with Gasteiger partial charge in [-0.05, 0) is 21.1 Å². The van der Waals surface area contributed by atoms with E-state index < -0.39 is 0 Å². The van der Waals surface area contributed by atoms with Gasteiger partial charge in [0.2, 0.25) is 6.54 Å². The number of rotatable bonds is 11. The molecule has 0 unspecified atom stereocenters. The van der Waals surface area contributed by atoms with Crippen molar-refractivity contribution in [2.24, 2.45) is 0 Å². The van der Waals surface area contributed by atoms with Gasteiger partial charge in [-0.2, -0.15) is 0 Å². The van der Waals surface area contributed by atoms with Crippen LogP contribution in [0.1, 0.15) is 0 Å². The molecule has 0 fully saturated rings. The van der Waals surface area contributed by atoms with Crippen molar-refractivity contribution in [1.82, 2.24) is 20.4 Å². The monoisotopic (exact) mass is 241 g/mol. The van der Waals surface area contributed by atoms with Crippen molar-refractivity contribution in [3.63, 3.8) is 0 Å². The minimum atomic E-state index is 0.601. The second-order valence-electron chi connectivity index (χ2n) is 4.23. The Morgan fingerprint density at radius 3 is 2.00 bits per heavy atom. The van der Waals surface area contributed by atoms with E-state index in [1.807, 2.05) is 14.1 Å². The molecule has 0 amide bonds. The first-order valence-electron chi connectivity index (χ1n) is 6.28. The van der Waals surface area contributed by atoms with E-state index >= 15 is 0 Å². The highest BCUT2D eigenvalue weighted by Gasteiger charge is 2.06. The lowest BCUT2D eigenvalue weighted by atomic mass is 10.4. The van der Waals surface area contributed by atoms with E-state index in [0.29, 0.717) is 6.54 Å². The highest BCUT2D eigenvalue weighted by Crippen LogP contribution is 1.90. The molecule has 5 heteroatoms. The summed E-state index contributed by atoms with van der Waals surface area (Å²) in [7, 11) is 6.05. The Morgan fingerprint density at radius 2 is 1.53 bits per heavy atom. The number of hydrogen-bond acceptors (Lipinski definition) is 4. The summed E-state index contributed by atoms with van der Waals surface area (Å²) < 4.78 is 0. The minimum absolute atomic E-state index is 0.601. The summed E-state index contributed by atoms with van der Waals surface area (Å²) in [6.07, 6.45) is 0. The summed E-state index contributed by atoms with van der Waals surface area (Å²) in [5.74, 6) is 0. The largest absolute Gasteiger partial charge is 0.318 e. The average Bonchev–Trinajstić information content (AvgIpc) is 2.35. The summed E-state index contributed by atoms with van der Waals surface area (Å²) in [6.45, 7) is 14.5. The zero-order valence-corrected chi connectivity index (χ0v) is 11.5. The van der Waals surface area contributed by atoms with Crippen molar-refractivity contribution in [1.29, 1.82) is 0 Å². The second-order valence-corrected chi connectivity index (χ2v) is 4.23. The highest BCUT2D eigenvalue weighted by atomic mass is 15.2. The highest BCUT2D eigenvalue weighted by molar-refractivity contribution is 4.66. The molecule has 0 aromatic rings. The first kappa shape index (κ1) is 16.3. The molecule has 0 saturated carbocycles. The third kappa shape index (κ3) is 10.2. The van der Waals surface area contributed by atoms with Crippen LogP contribution in [-0.2, 0) is 0 Å². The number of nitrogens with zero attached hydrogens (tertiary/aromatic N) is 3. The third-order valence-corrected chi connectivity index (χ3v) is 2.75. The Hall–Kier alpha value is -0.670. The maximum Gasteiger partial charge on any atom is 0.227 e. The van der Waals surface area contributed by atoms with E-state index in [4.69, 9.17) is 6.57 Å². The van der Waals surface area contributed by atoms with Crippen LogP contribution >= 0.6 is 0 Å². The first-order valence-corrected chi connectivity index (χ1v) is 6.28. The fourth-order valence-corrected chi connectivity index (χ4v) is 1.52. The molecule has 0 aliphatic heterocycles. The van der Waals surface area contributed by atoms with Gasteiger partial charge in [-0.1, -0.05) is 0 Å². The Kier molecular flexibility index (Phi) is 11.3. The SMILES string of the molecule is [C-]#[N+]CCN(C)CCN(CCNC)CCNC. The Morgan fingerprint density at radius 1 is 0.941 bits per heavy atom. The molecule has 0 aromatic carbocycles. The van der Waals surface area contributed by atoms with Crippen molar-refractivity contribution in [3.8, 4) is 0 Å². The van der Waals surface area contributed by atoms with E-state index in [9.17, 15) is 0 Å². The first-order chi connectivity index (χ1) is 8.24. The lowest BCUT2D eigenvalue weighted by molar-refractivity contribution is 0.231. The van der Waals surface area contributed by atoms with Gasteiger partial charge in [0.25, 0.3) is 0 Å². The van der Waals surface area contributed by atoms with Crippen LogP contribution in [0.25, 0.3) is 4.85 Å². The zero-order chi connectivity index (χ0) is 12.9. The molecule has 0 radical (unpaired) electrons. The summed E-state index contributed by atoms with van der Waals surface area (Å²) in [4.78, 5) is 8.05. The van der Waals surface area contributed by atoms with Crippen LogP contribution in [-0.4, -0.2) is 83.3 Å². The summed E-state index contributed by atoms with van der Waals surface area (Å²) in [5, 5.41) is 6.36. The van der Waals surface area contributed by atoms with Crippen molar-refractivity contribution < 1.29 is 0 Å². The average molecular weight is 241 g/mol. The van der Waals surface area contributed by atoms with E-state index in [1.165, 1.54) is 0 Å². The topological polar surface area (TPSA) is 34.9 Å². The molecule has 100 valence electrons. The Bertz CT molecular complexity index is 194. The van der Waals surface area contributed by atoms with Gasteiger partial charge in [-0.15, -0.1) is 0 Å². The summed E-state index contributed by atoms with van der Waals surface area (Å²) >= 11 is 0. The van der Waals surface area contributed by atoms with Crippen LogP contribution in [0, 0.1) is 6.57 Å². The number of likely N-dealkylation sites (N-methyl/N-ethyl adjacent to an activating group) is 3. The van der Waals surface area contributed by atoms with Gasteiger partial charge < -0.3 is 15.5 Å². The molecular weight excluding hydrogens is 214 g/mol. The summed E-state index contributed by atoms with van der Waals surface area (Å²) in [6, 6.07) is 0. The van der Waals surface area contributed by atoms with Crippen molar-refractivity contribution >= 4 is 0 Å². The predicted octanol–water partition coefficient (Wildman–Crippen LogP) is -0.422. The van der Waals surface area contributed by atoms with E-state index in [0.717, 1.165) is 45.8 Å². The van der Waals surface area contributed by atoms with Crippen LogP contribution in [0.2, 0.25) is 0 Å². The van der Waals surface area contributed by atoms with E-state index in [1.54, 1.807) is 0 Å². The van der Waals surface area contributed by atoms with Crippen LogP contribution in [0.5, 0.6) is 0 Å². The number of nitrogens with one attached hydrogen (secondary N) is 2. The van der Waals surface area contributed by atoms with Gasteiger partial charge in [-0.3, -0.25) is 9.80 Å². The molecule has 17 heavy (non-hydrogen) atoms. The van der Waals surface area contributed by atoms with Crippen molar-refractivity contribution in [3.05, 3.63) is 11.4 Å². The lowest BCUT2D eigenvalue weighted by Gasteiger charge is -2.24. The van der Waals surface area contributed by atoms with Gasteiger partial charge in [0.15, 0.2) is 0 Å². The standard InChI is InChI=1S/C12H27N5/c1-13-5-8-16(4)11-12-17(9-6-14-2)10-7-15-3/h14-15H,5-12H2,2-4H3. The van der Waals surface area contributed by atoms with Crippen LogP contribution in [0.15, 0.2) is 0 Å². The predicted molar refractivity (Wildman–Crippen MR) is 73.3 cm³/mol. The van der Waals surface area contributed by atoms with Gasteiger partial charge >= 0.3 is 0 Å². The van der Waals surface area contributed by atoms with E-state index in [-0.39, 0.29) is 0 Å². The second kappa shape index (κ2) is 11.8. The summed E-state index contributed by atoms with van der Waals surface area (Å²) in [5.41, 5.74) is 0. The van der Waals surface area contributed by atoms with Crippen molar-refractivity contribution in [2.45, 2.75) is 0 Å². The molecule has 2 N–H and O–H groups in total. The fraction of sp³-hybridized carbons (Fsp3) is 0.917. The lowest BCUT2D eigenvalue weighted by Crippen LogP contribution is -2.40. The maximum absolute atomic E-state index is 6.77. The van der Waals surface area contributed by atoms with Crippen LogP contribution in [0.3, 0.4) is 0 Å². The maximum atomic E-state index is 6.77. The quantitative estimate of drug-likeness (QED) is 0.482. The zero-order valence-electron chi connectivity index (χ0n) is 11.5. The Labute approximate surface area is 106 Å². The van der Waals surface area contributed by atoms with Gasteiger partial charge in [0.1, 0.15) is 0 Å². The number of hydrogen-bond donors (Lipinski definition) is 2. The van der Waals surface area contributed by atoms with Gasteiger partial charge in [-0.25, -0.2) is 6.57 Å². The smallest absolute Gasteiger partial charge is 0.227 e. The third-order valence-electron chi connectivity index (χ3n) is 2.75. The normalized spacial score (nSPS) is 11.1. The van der Waals surface area contributed by atoms with Gasteiger partial charge in [0.05, 0.1) is 6.54 Å². The Balaban J connectivity index is 3.76. The molecule has 0 heterocycles. The molecule has 5 nitrogen and oxygen atoms in total. The fourth-order valence-electron chi connectivity index (χ4n) is 1.52. The molecule has 0 saturated heterocycles. The molecule has 0 rings (SSSR count). The molecular formula is C12H27N5. The van der Waals surface area contributed by atoms with Crippen molar-refractivity contribution in [2.75, 3.05) is 73.5 Å². The molecule has 0 atom stereocenters. The molecule has 0 aromatic heterocycles.